The predicted molar refractivity (Wildman–Crippen MR) is 102 cm³/mol. The average molecular weight is 389 g/mol. The summed E-state index contributed by atoms with van der Waals surface area (Å²) >= 11 is 0. The number of hydrogen-bond acceptors (Lipinski definition) is 4. The first-order valence-electron chi connectivity index (χ1n) is 9.05. The Kier molecular flexibility index (Phi) is 6.38. The molecule has 0 amide bonds. The van der Waals surface area contributed by atoms with Gasteiger partial charge in [-0.15, -0.1) is 0 Å². The Balaban J connectivity index is 1.86. The minimum Gasteiger partial charge on any atom is -0.370 e. The van der Waals surface area contributed by atoms with Crippen LogP contribution >= 0.6 is 0 Å². The molecular formula is C20H25N2O4S+. The number of ether oxygens (including phenoxy) is 1. The fraction of sp³-hybridized carbons (Fsp3) is 0.350. The molecule has 1 heterocycles. The van der Waals surface area contributed by atoms with E-state index in [0.717, 1.165) is 18.7 Å². The molecule has 2 N–H and O–H groups in total. The van der Waals surface area contributed by atoms with Crippen LogP contribution in [-0.2, 0) is 14.8 Å². The van der Waals surface area contributed by atoms with Crippen molar-refractivity contribution in [2.45, 2.75) is 17.9 Å². The molecule has 2 aromatic rings. The maximum absolute atomic E-state index is 13.0. The van der Waals surface area contributed by atoms with Gasteiger partial charge in [0.2, 0.25) is 10.0 Å². The SMILES string of the molecule is CC(=O)c1cccc(S(=O)(=O)N[C@@H](C[NH+]2CCOCC2)c2ccccc2)c1. The molecule has 6 nitrogen and oxygen atoms in total. The molecule has 1 aliphatic rings. The van der Waals surface area contributed by atoms with Gasteiger partial charge in [-0.1, -0.05) is 42.5 Å². The minimum atomic E-state index is -3.76. The first kappa shape index (κ1) is 19.7. The van der Waals surface area contributed by atoms with Crippen molar-refractivity contribution in [1.82, 2.24) is 4.72 Å². The summed E-state index contributed by atoms with van der Waals surface area (Å²) in [6.45, 7) is 5.14. The number of carbonyl (C=O) groups excluding carboxylic acids is 1. The topological polar surface area (TPSA) is 76.9 Å². The molecule has 1 atom stereocenters. The van der Waals surface area contributed by atoms with E-state index in [1.165, 1.54) is 24.0 Å². The van der Waals surface area contributed by atoms with Crippen molar-refractivity contribution in [3.8, 4) is 0 Å². The summed E-state index contributed by atoms with van der Waals surface area (Å²) in [5, 5.41) is 0. The number of morpholine rings is 1. The largest absolute Gasteiger partial charge is 0.370 e. The number of ketones is 1. The van der Waals surface area contributed by atoms with Crippen LogP contribution in [0.4, 0.5) is 0 Å². The molecule has 1 fully saturated rings. The Labute approximate surface area is 160 Å². The third-order valence-electron chi connectivity index (χ3n) is 4.74. The van der Waals surface area contributed by atoms with Gasteiger partial charge in [0.05, 0.1) is 30.7 Å². The van der Waals surface area contributed by atoms with Gasteiger partial charge in [0.25, 0.3) is 0 Å². The molecule has 0 aliphatic carbocycles. The van der Waals surface area contributed by atoms with Crippen LogP contribution in [0.25, 0.3) is 0 Å². The highest BCUT2D eigenvalue weighted by Gasteiger charge is 2.26. The third kappa shape index (κ3) is 5.23. The summed E-state index contributed by atoms with van der Waals surface area (Å²) in [4.78, 5) is 13.0. The quantitative estimate of drug-likeness (QED) is 0.688. The maximum Gasteiger partial charge on any atom is 0.241 e. The lowest BCUT2D eigenvalue weighted by Crippen LogP contribution is -3.14. The van der Waals surface area contributed by atoms with E-state index in [4.69, 9.17) is 4.74 Å². The molecule has 3 rings (SSSR count). The van der Waals surface area contributed by atoms with Gasteiger partial charge in [-0.25, -0.2) is 8.42 Å². The van der Waals surface area contributed by atoms with Crippen LogP contribution in [0.15, 0.2) is 59.5 Å². The molecule has 0 saturated carbocycles. The highest BCUT2D eigenvalue weighted by molar-refractivity contribution is 7.89. The van der Waals surface area contributed by atoms with Crippen LogP contribution in [0.1, 0.15) is 28.9 Å². The van der Waals surface area contributed by atoms with Crippen LogP contribution < -0.4 is 9.62 Å². The number of Topliss-reactive ketones (excluding diaryl/α,β-unsaturated/α-hetero) is 1. The number of hydrogen-bond donors (Lipinski definition) is 2. The van der Waals surface area contributed by atoms with E-state index < -0.39 is 10.0 Å². The molecule has 144 valence electrons. The van der Waals surface area contributed by atoms with Crippen molar-refractivity contribution in [1.29, 1.82) is 0 Å². The molecule has 27 heavy (non-hydrogen) atoms. The molecular weight excluding hydrogens is 364 g/mol. The van der Waals surface area contributed by atoms with Crippen molar-refractivity contribution in [2.75, 3.05) is 32.8 Å². The monoisotopic (exact) mass is 389 g/mol. The van der Waals surface area contributed by atoms with Crippen molar-refractivity contribution in [3.05, 3.63) is 65.7 Å². The van der Waals surface area contributed by atoms with Gasteiger partial charge in [0, 0.05) is 5.56 Å². The van der Waals surface area contributed by atoms with Gasteiger partial charge < -0.3 is 9.64 Å². The van der Waals surface area contributed by atoms with Gasteiger partial charge in [-0.05, 0) is 24.6 Å². The molecule has 0 spiro atoms. The number of carbonyl (C=O) groups is 1. The molecule has 0 bridgehead atoms. The van der Waals surface area contributed by atoms with Gasteiger partial charge in [0.1, 0.15) is 13.1 Å². The van der Waals surface area contributed by atoms with E-state index >= 15 is 0 Å². The Morgan fingerprint density at radius 3 is 2.48 bits per heavy atom. The van der Waals surface area contributed by atoms with E-state index in [9.17, 15) is 13.2 Å². The normalized spacial score (nSPS) is 16.8. The van der Waals surface area contributed by atoms with E-state index in [2.05, 4.69) is 4.72 Å². The van der Waals surface area contributed by atoms with Crippen LogP contribution in [0.3, 0.4) is 0 Å². The lowest BCUT2D eigenvalue weighted by Gasteiger charge is -2.28. The summed E-state index contributed by atoms with van der Waals surface area (Å²) in [5.74, 6) is -0.163. The lowest BCUT2D eigenvalue weighted by atomic mass is 10.1. The Hall–Kier alpha value is -2.06. The first-order valence-corrected chi connectivity index (χ1v) is 10.5. The molecule has 1 aliphatic heterocycles. The molecule has 0 unspecified atom stereocenters. The average Bonchev–Trinajstić information content (AvgIpc) is 2.69. The molecule has 7 heteroatoms. The fourth-order valence-corrected chi connectivity index (χ4v) is 4.47. The van der Waals surface area contributed by atoms with Crippen molar-refractivity contribution in [2.24, 2.45) is 0 Å². The zero-order chi connectivity index (χ0) is 19.3. The lowest BCUT2D eigenvalue weighted by molar-refractivity contribution is -0.909. The highest BCUT2D eigenvalue weighted by Crippen LogP contribution is 2.18. The number of rotatable bonds is 7. The Bertz CT molecular complexity index is 878. The summed E-state index contributed by atoms with van der Waals surface area (Å²) in [5.41, 5.74) is 1.30. The van der Waals surface area contributed by atoms with Crippen LogP contribution in [0, 0.1) is 0 Å². The summed E-state index contributed by atoms with van der Waals surface area (Å²) in [7, 11) is -3.76. The van der Waals surface area contributed by atoms with Crippen LogP contribution in [-0.4, -0.2) is 47.0 Å². The van der Waals surface area contributed by atoms with Gasteiger partial charge >= 0.3 is 0 Å². The molecule has 2 aromatic carbocycles. The second kappa shape index (κ2) is 8.75. The van der Waals surface area contributed by atoms with Gasteiger partial charge in [-0.2, -0.15) is 4.72 Å². The van der Waals surface area contributed by atoms with Crippen molar-refractivity contribution >= 4 is 15.8 Å². The fourth-order valence-electron chi connectivity index (χ4n) is 3.20. The second-order valence-electron chi connectivity index (χ2n) is 6.74. The number of quaternary nitrogens is 1. The minimum absolute atomic E-state index is 0.105. The zero-order valence-corrected chi connectivity index (χ0v) is 16.2. The van der Waals surface area contributed by atoms with Crippen LogP contribution in [0.5, 0.6) is 0 Å². The maximum atomic E-state index is 13.0. The smallest absolute Gasteiger partial charge is 0.241 e. The van der Waals surface area contributed by atoms with Crippen molar-refractivity contribution < 1.29 is 22.8 Å². The van der Waals surface area contributed by atoms with E-state index in [0.29, 0.717) is 25.3 Å². The van der Waals surface area contributed by atoms with Gasteiger partial charge in [0.15, 0.2) is 5.78 Å². The zero-order valence-electron chi connectivity index (χ0n) is 15.4. The summed E-state index contributed by atoms with van der Waals surface area (Å²) in [6, 6.07) is 15.4. The van der Waals surface area contributed by atoms with Crippen molar-refractivity contribution in [3.63, 3.8) is 0 Å². The molecule has 0 aromatic heterocycles. The van der Waals surface area contributed by atoms with E-state index in [-0.39, 0.29) is 16.7 Å². The number of sulfonamides is 1. The molecule has 1 saturated heterocycles. The number of nitrogens with one attached hydrogen (secondary N) is 2. The second-order valence-corrected chi connectivity index (χ2v) is 8.45. The van der Waals surface area contributed by atoms with E-state index in [1.807, 2.05) is 30.3 Å². The first-order chi connectivity index (χ1) is 13.0. The summed E-state index contributed by atoms with van der Waals surface area (Å²) < 4.78 is 34.2. The predicted octanol–water partition coefficient (Wildman–Crippen LogP) is 0.824. The van der Waals surface area contributed by atoms with E-state index in [1.54, 1.807) is 12.1 Å². The standard InChI is InChI=1S/C20H24N2O4S/c1-16(23)18-8-5-9-19(14-18)27(24,25)21-20(17-6-3-2-4-7-17)15-22-10-12-26-13-11-22/h2-9,14,20-21H,10-13,15H2,1H3/p+1/t20-/m0/s1. The van der Waals surface area contributed by atoms with Crippen LogP contribution in [0.2, 0.25) is 0 Å². The third-order valence-corrected chi connectivity index (χ3v) is 6.21. The Morgan fingerprint density at radius 2 is 1.81 bits per heavy atom. The van der Waals surface area contributed by atoms with Gasteiger partial charge in [-0.3, -0.25) is 4.79 Å². The molecule has 0 radical (unpaired) electrons. The number of benzene rings is 2. The highest BCUT2D eigenvalue weighted by atomic mass is 32.2. The Morgan fingerprint density at radius 1 is 1.11 bits per heavy atom. The summed E-state index contributed by atoms with van der Waals surface area (Å²) in [6.07, 6.45) is 0.